The molecule has 0 aliphatic heterocycles. The number of hydrogen-bond acceptors (Lipinski definition) is 2. The molecule has 3 heteroatoms. The van der Waals surface area contributed by atoms with Crippen LogP contribution in [-0.4, -0.2) is 16.8 Å². The van der Waals surface area contributed by atoms with Crippen molar-refractivity contribution in [3.05, 3.63) is 101 Å². The SMILES string of the molecule is OCC/C(=C(\c1ccc(O)cc1)c1ccc(Cl)cc1)c1ccccc1. The summed E-state index contributed by atoms with van der Waals surface area (Å²) in [4.78, 5) is 0. The van der Waals surface area contributed by atoms with Crippen molar-refractivity contribution in [1.29, 1.82) is 0 Å². The van der Waals surface area contributed by atoms with E-state index in [4.69, 9.17) is 11.6 Å². The van der Waals surface area contributed by atoms with Crippen LogP contribution in [0.25, 0.3) is 11.1 Å². The fourth-order valence-electron chi connectivity index (χ4n) is 2.92. The molecule has 0 spiro atoms. The average molecular weight is 351 g/mol. The minimum Gasteiger partial charge on any atom is -0.508 e. The number of rotatable bonds is 5. The van der Waals surface area contributed by atoms with E-state index in [1.54, 1.807) is 12.1 Å². The Morgan fingerprint density at radius 3 is 1.84 bits per heavy atom. The molecule has 0 saturated carbocycles. The van der Waals surface area contributed by atoms with E-state index < -0.39 is 0 Å². The van der Waals surface area contributed by atoms with Crippen LogP contribution < -0.4 is 0 Å². The highest BCUT2D eigenvalue weighted by molar-refractivity contribution is 6.30. The first kappa shape index (κ1) is 17.3. The van der Waals surface area contributed by atoms with E-state index in [-0.39, 0.29) is 12.4 Å². The van der Waals surface area contributed by atoms with Gasteiger partial charge in [-0.15, -0.1) is 0 Å². The Hall–Kier alpha value is -2.55. The van der Waals surface area contributed by atoms with Crippen molar-refractivity contribution in [2.24, 2.45) is 0 Å². The molecule has 0 aliphatic rings. The molecule has 0 saturated heterocycles. The zero-order chi connectivity index (χ0) is 17.6. The van der Waals surface area contributed by atoms with Crippen molar-refractivity contribution < 1.29 is 10.2 Å². The molecule has 0 aromatic heterocycles. The van der Waals surface area contributed by atoms with Gasteiger partial charge in [-0.2, -0.15) is 0 Å². The predicted molar refractivity (Wildman–Crippen MR) is 104 cm³/mol. The Morgan fingerprint density at radius 1 is 0.720 bits per heavy atom. The standard InChI is InChI=1S/C22H19ClO2/c23-19-10-6-17(7-11-19)22(18-8-12-20(25)13-9-18)21(14-15-24)16-4-2-1-3-5-16/h1-13,24-25H,14-15H2/b22-21+. The van der Waals surface area contributed by atoms with Gasteiger partial charge in [0, 0.05) is 11.6 Å². The number of phenolic OH excluding ortho intramolecular Hbond substituents is 1. The Kier molecular flexibility index (Phi) is 5.54. The number of hydrogen-bond donors (Lipinski definition) is 2. The van der Waals surface area contributed by atoms with E-state index in [0.717, 1.165) is 27.8 Å². The van der Waals surface area contributed by atoms with Crippen molar-refractivity contribution in [1.82, 2.24) is 0 Å². The Morgan fingerprint density at radius 2 is 1.28 bits per heavy atom. The molecule has 3 aromatic rings. The van der Waals surface area contributed by atoms with Crippen LogP contribution in [0.3, 0.4) is 0 Å². The summed E-state index contributed by atoms with van der Waals surface area (Å²) in [5, 5.41) is 19.9. The molecule has 0 fully saturated rings. The molecule has 0 radical (unpaired) electrons. The summed E-state index contributed by atoms with van der Waals surface area (Å²) in [6, 6.07) is 24.8. The lowest BCUT2D eigenvalue weighted by Crippen LogP contribution is -1.97. The largest absolute Gasteiger partial charge is 0.508 e. The quantitative estimate of drug-likeness (QED) is 0.606. The topological polar surface area (TPSA) is 40.5 Å². The highest BCUT2D eigenvalue weighted by Crippen LogP contribution is 2.35. The molecule has 0 unspecified atom stereocenters. The second kappa shape index (κ2) is 8.02. The number of aliphatic hydroxyl groups is 1. The van der Waals surface area contributed by atoms with Crippen LogP contribution in [0.4, 0.5) is 0 Å². The Balaban J connectivity index is 2.26. The first-order valence-electron chi connectivity index (χ1n) is 8.14. The molecule has 25 heavy (non-hydrogen) atoms. The summed E-state index contributed by atoms with van der Waals surface area (Å²) in [5.41, 5.74) is 5.14. The van der Waals surface area contributed by atoms with Crippen molar-refractivity contribution in [2.45, 2.75) is 6.42 Å². The highest BCUT2D eigenvalue weighted by Gasteiger charge is 2.14. The van der Waals surface area contributed by atoms with Gasteiger partial charge in [0.1, 0.15) is 5.75 Å². The zero-order valence-electron chi connectivity index (χ0n) is 13.7. The van der Waals surface area contributed by atoms with E-state index in [0.29, 0.717) is 11.4 Å². The van der Waals surface area contributed by atoms with E-state index in [1.165, 1.54) is 0 Å². The minimum absolute atomic E-state index is 0.0550. The molecule has 3 rings (SSSR count). The van der Waals surface area contributed by atoms with Gasteiger partial charge >= 0.3 is 0 Å². The maximum atomic E-state index is 9.63. The molecule has 0 atom stereocenters. The van der Waals surface area contributed by atoms with Crippen LogP contribution in [0.1, 0.15) is 23.1 Å². The second-order valence-corrected chi connectivity index (χ2v) is 6.18. The Labute approximate surface area is 152 Å². The zero-order valence-corrected chi connectivity index (χ0v) is 14.4. The van der Waals surface area contributed by atoms with Crippen LogP contribution in [-0.2, 0) is 0 Å². The summed E-state index contributed by atoms with van der Waals surface area (Å²) < 4.78 is 0. The molecule has 0 amide bonds. The van der Waals surface area contributed by atoms with Gasteiger partial charge in [0.2, 0.25) is 0 Å². The van der Waals surface area contributed by atoms with Gasteiger partial charge in [0.05, 0.1) is 0 Å². The molecule has 3 aromatic carbocycles. The van der Waals surface area contributed by atoms with E-state index in [2.05, 4.69) is 0 Å². The fourth-order valence-corrected chi connectivity index (χ4v) is 3.05. The third-order valence-corrected chi connectivity index (χ3v) is 4.33. The maximum absolute atomic E-state index is 9.63. The second-order valence-electron chi connectivity index (χ2n) is 5.75. The minimum atomic E-state index is 0.0550. The van der Waals surface area contributed by atoms with Crippen LogP contribution in [0, 0.1) is 0 Å². The van der Waals surface area contributed by atoms with Gasteiger partial charge < -0.3 is 10.2 Å². The Bertz CT molecular complexity index is 803. The summed E-state index contributed by atoms with van der Waals surface area (Å²) in [7, 11) is 0. The van der Waals surface area contributed by atoms with Crippen molar-refractivity contribution in [3.63, 3.8) is 0 Å². The molecule has 0 aliphatic carbocycles. The first-order valence-corrected chi connectivity index (χ1v) is 8.51. The lowest BCUT2D eigenvalue weighted by atomic mass is 9.88. The smallest absolute Gasteiger partial charge is 0.115 e. The molecule has 126 valence electrons. The molecule has 2 N–H and O–H groups in total. The fraction of sp³-hybridized carbons (Fsp3) is 0.0909. The summed E-state index contributed by atoms with van der Waals surface area (Å²) in [5.74, 6) is 0.225. The van der Waals surface area contributed by atoms with Crippen LogP contribution in [0.5, 0.6) is 5.75 Å². The first-order chi connectivity index (χ1) is 12.2. The van der Waals surface area contributed by atoms with Crippen molar-refractivity contribution in [3.8, 4) is 5.75 Å². The maximum Gasteiger partial charge on any atom is 0.115 e. The molecular weight excluding hydrogens is 332 g/mol. The molecule has 0 heterocycles. The lowest BCUT2D eigenvalue weighted by Gasteiger charge is -2.17. The molecule has 2 nitrogen and oxygen atoms in total. The van der Waals surface area contributed by atoms with Gasteiger partial charge in [0.15, 0.2) is 0 Å². The van der Waals surface area contributed by atoms with Gasteiger partial charge in [-0.05, 0) is 58.5 Å². The van der Waals surface area contributed by atoms with Crippen LogP contribution in [0.15, 0.2) is 78.9 Å². The van der Waals surface area contributed by atoms with E-state index in [9.17, 15) is 10.2 Å². The highest BCUT2D eigenvalue weighted by atomic mass is 35.5. The monoisotopic (exact) mass is 350 g/mol. The predicted octanol–water partition coefficient (Wildman–Crippen LogP) is 5.39. The van der Waals surface area contributed by atoms with Gasteiger partial charge in [-0.25, -0.2) is 0 Å². The van der Waals surface area contributed by atoms with Gasteiger partial charge in [0.25, 0.3) is 0 Å². The summed E-state index contributed by atoms with van der Waals surface area (Å²) in [6.07, 6.45) is 0.531. The molecule has 0 bridgehead atoms. The number of benzene rings is 3. The number of phenols is 1. The number of aromatic hydroxyl groups is 1. The van der Waals surface area contributed by atoms with Crippen LogP contribution >= 0.6 is 11.6 Å². The van der Waals surface area contributed by atoms with Gasteiger partial charge in [-0.1, -0.05) is 66.2 Å². The van der Waals surface area contributed by atoms with Gasteiger partial charge in [-0.3, -0.25) is 0 Å². The third-order valence-electron chi connectivity index (χ3n) is 4.07. The van der Waals surface area contributed by atoms with E-state index in [1.807, 2.05) is 66.7 Å². The average Bonchev–Trinajstić information content (AvgIpc) is 2.65. The van der Waals surface area contributed by atoms with Crippen molar-refractivity contribution in [2.75, 3.05) is 6.61 Å². The van der Waals surface area contributed by atoms with Crippen molar-refractivity contribution >= 4 is 22.7 Å². The third kappa shape index (κ3) is 4.11. The van der Waals surface area contributed by atoms with E-state index >= 15 is 0 Å². The molecular formula is C22H19ClO2. The lowest BCUT2D eigenvalue weighted by molar-refractivity contribution is 0.305. The summed E-state index contributed by atoms with van der Waals surface area (Å²) >= 11 is 6.05. The number of halogens is 1. The number of aliphatic hydroxyl groups excluding tert-OH is 1. The van der Waals surface area contributed by atoms with Crippen LogP contribution in [0.2, 0.25) is 5.02 Å². The summed E-state index contributed by atoms with van der Waals surface area (Å²) in [6.45, 7) is 0.0550. The normalized spacial score (nSPS) is 11.9.